The fourth-order valence-electron chi connectivity index (χ4n) is 3.38. The van der Waals surface area contributed by atoms with Crippen LogP contribution < -0.4 is 10.0 Å². The number of hydrogen-bond acceptors (Lipinski definition) is 3. The molecule has 6 heteroatoms. The standard InChI is InChI=1S/C25H28N2O3S/c1-5-19-8-7-9-20(6-2)24(19)26-25(28)21-13-12-18(4)23(16-21)27-31(29,30)22-14-10-17(3)11-15-22/h7-16,27H,5-6H2,1-4H3,(H,26,28). The molecule has 3 aromatic carbocycles. The highest BCUT2D eigenvalue weighted by Gasteiger charge is 2.17. The maximum atomic E-state index is 13.0. The van der Waals surface area contributed by atoms with Crippen molar-refractivity contribution < 1.29 is 13.2 Å². The van der Waals surface area contributed by atoms with E-state index in [-0.39, 0.29) is 10.8 Å². The van der Waals surface area contributed by atoms with E-state index in [1.807, 2.05) is 39.0 Å². The molecule has 2 N–H and O–H groups in total. The van der Waals surface area contributed by atoms with Crippen LogP contribution in [0.15, 0.2) is 65.6 Å². The van der Waals surface area contributed by atoms with Gasteiger partial charge in [-0.1, -0.05) is 55.8 Å². The van der Waals surface area contributed by atoms with Gasteiger partial charge in [0.15, 0.2) is 0 Å². The van der Waals surface area contributed by atoms with E-state index in [4.69, 9.17) is 0 Å². The molecule has 3 aromatic rings. The smallest absolute Gasteiger partial charge is 0.261 e. The van der Waals surface area contributed by atoms with Gasteiger partial charge in [-0.25, -0.2) is 8.42 Å². The van der Waals surface area contributed by atoms with Gasteiger partial charge in [0.2, 0.25) is 0 Å². The average molecular weight is 437 g/mol. The van der Waals surface area contributed by atoms with Gasteiger partial charge in [-0.3, -0.25) is 9.52 Å². The Hall–Kier alpha value is -3.12. The van der Waals surface area contributed by atoms with Crippen molar-refractivity contribution in [3.8, 4) is 0 Å². The Labute approximate surface area is 184 Å². The van der Waals surface area contributed by atoms with Gasteiger partial charge in [-0.2, -0.15) is 0 Å². The van der Waals surface area contributed by atoms with Crippen LogP contribution in [-0.2, 0) is 22.9 Å². The van der Waals surface area contributed by atoms with Gasteiger partial charge in [-0.15, -0.1) is 0 Å². The predicted molar refractivity (Wildman–Crippen MR) is 126 cm³/mol. The van der Waals surface area contributed by atoms with E-state index in [1.165, 1.54) is 0 Å². The Morgan fingerprint density at radius 3 is 2.06 bits per heavy atom. The molecule has 31 heavy (non-hydrogen) atoms. The van der Waals surface area contributed by atoms with Crippen molar-refractivity contribution in [1.29, 1.82) is 0 Å². The highest BCUT2D eigenvalue weighted by molar-refractivity contribution is 7.92. The number of nitrogens with one attached hydrogen (secondary N) is 2. The summed E-state index contributed by atoms with van der Waals surface area (Å²) in [5.41, 5.74) is 5.45. The SMILES string of the molecule is CCc1cccc(CC)c1NC(=O)c1ccc(C)c(NS(=O)(=O)c2ccc(C)cc2)c1. The second-order valence-corrected chi connectivity index (χ2v) is 9.24. The molecule has 0 unspecified atom stereocenters. The summed E-state index contributed by atoms with van der Waals surface area (Å²) in [5.74, 6) is -0.272. The monoisotopic (exact) mass is 436 g/mol. The molecule has 0 radical (unpaired) electrons. The molecule has 0 bridgehead atoms. The number of aryl methyl sites for hydroxylation is 4. The van der Waals surface area contributed by atoms with Crippen LogP contribution >= 0.6 is 0 Å². The van der Waals surface area contributed by atoms with Crippen molar-refractivity contribution in [2.45, 2.75) is 45.4 Å². The van der Waals surface area contributed by atoms with E-state index < -0.39 is 10.0 Å². The Morgan fingerprint density at radius 2 is 1.48 bits per heavy atom. The maximum absolute atomic E-state index is 13.0. The number of carbonyl (C=O) groups excluding carboxylic acids is 1. The molecule has 0 spiro atoms. The molecule has 162 valence electrons. The fourth-order valence-corrected chi connectivity index (χ4v) is 4.50. The molecule has 0 aliphatic heterocycles. The van der Waals surface area contributed by atoms with Crippen LogP contribution in [0.1, 0.15) is 46.5 Å². The molecular weight excluding hydrogens is 408 g/mol. The number of amides is 1. The summed E-state index contributed by atoms with van der Waals surface area (Å²) in [5, 5.41) is 3.03. The molecule has 5 nitrogen and oxygen atoms in total. The van der Waals surface area contributed by atoms with Crippen LogP contribution in [0.3, 0.4) is 0 Å². The molecule has 0 aliphatic carbocycles. The number of sulfonamides is 1. The van der Waals surface area contributed by atoms with Crippen LogP contribution in [-0.4, -0.2) is 14.3 Å². The van der Waals surface area contributed by atoms with Crippen LogP contribution in [0.25, 0.3) is 0 Å². The lowest BCUT2D eigenvalue weighted by atomic mass is 10.0. The van der Waals surface area contributed by atoms with Gasteiger partial charge in [0.25, 0.3) is 15.9 Å². The van der Waals surface area contributed by atoms with E-state index in [9.17, 15) is 13.2 Å². The lowest BCUT2D eigenvalue weighted by Crippen LogP contribution is -2.17. The highest BCUT2D eigenvalue weighted by atomic mass is 32.2. The summed E-state index contributed by atoms with van der Waals surface area (Å²) in [4.78, 5) is 13.2. The Balaban J connectivity index is 1.89. The summed E-state index contributed by atoms with van der Waals surface area (Å²) >= 11 is 0. The quantitative estimate of drug-likeness (QED) is 0.515. The highest BCUT2D eigenvalue weighted by Crippen LogP contribution is 2.25. The van der Waals surface area contributed by atoms with Crippen molar-refractivity contribution in [3.63, 3.8) is 0 Å². The largest absolute Gasteiger partial charge is 0.321 e. The third-order valence-corrected chi connectivity index (χ3v) is 6.69. The van der Waals surface area contributed by atoms with Crippen molar-refractivity contribution in [1.82, 2.24) is 0 Å². The van der Waals surface area contributed by atoms with E-state index in [0.717, 1.165) is 40.8 Å². The summed E-state index contributed by atoms with van der Waals surface area (Å²) in [6.07, 6.45) is 1.61. The van der Waals surface area contributed by atoms with Gasteiger partial charge < -0.3 is 5.32 Å². The second kappa shape index (κ2) is 9.35. The summed E-state index contributed by atoms with van der Waals surface area (Å²) in [6, 6.07) is 17.7. The Morgan fingerprint density at radius 1 is 0.871 bits per heavy atom. The molecule has 1 amide bonds. The third kappa shape index (κ3) is 5.14. The summed E-state index contributed by atoms with van der Waals surface area (Å²) < 4.78 is 28.2. The molecule has 0 saturated heterocycles. The average Bonchev–Trinajstić information content (AvgIpc) is 2.75. The first-order valence-electron chi connectivity index (χ1n) is 10.4. The molecule has 0 aliphatic rings. The van der Waals surface area contributed by atoms with E-state index in [2.05, 4.69) is 10.0 Å². The van der Waals surface area contributed by atoms with Crippen LogP contribution in [0.2, 0.25) is 0 Å². The number of anilines is 2. The minimum atomic E-state index is -3.76. The molecule has 0 atom stereocenters. The van der Waals surface area contributed by atoms with E-state index in [0.29, 0.717) is 11.3 Å². The zero-order chi connectivity index (χ0) is 22.6. The maximum Gasteiger partial charge on any atom is 0.261 e. The Bertz CT molecular complexity index is 1180. The molecule has 3 rings (SSSR count). The molecular formula is C25H28N2O3S. The topological polar surface area (TPSA) is 75.3 Å². The predicted octanol–water partition coefficient (Wildman–Crippen LogP) is 5.48. The van der Waals surface area contributed by atoms with Gasteiger partial charge in [0, 0.05) is 11.3 Å². The van der Waals surface area contributed by atoms with Crippen LogP contribution in [0, 0.1) is 13.8 Å². The zero-order valence-electron chi connectivity index (χ0n) is 18.3. The summed E-state index contributed by atoms with van der Waals surface area (Å²) in [7, 11) is -3.76. The summed E-state index contributed by atoms with van der Waals surface area (Å²) in [6.45, 7) is 7.80. The molecule has 0 heterocycles. The lowest BCUT2D eigenvalue weighted by Gasteiger charge is -2.16. The Kier molecular flexibility index (Phi) is 6.81. The van der Waals surface area contributed by atoms with Crippen molar-refractivity contribution >= 4 is 27.3 Å². The van der Waals surface area contributed by atoms with Crippen LogP contribution in [0.4, 0.5) is 11.4 Å². The van der Waals surface area contributed by atoms with Crippen LogP contribution in [0.5, 0.6) is 0 Å². The van der Waals surface area contributed by atoms with Crippen molar-refractivity contribution in [3.05, 3.63) is 88.5 Å². The lowest BCUT2D eigenvalue weighted by molar-refractivity contribution is 0.102. The van der Waals surface area contributed by atoms with Gasteiger partial charge in [0.05, 0.1) is 10.6 Å². The van der Waals surface area contributed by atoms with Gasteiger partial charge in [-0.05, 0) is 67.6 Å². The first kappa shape index (κ1) is 22.6. The van der Waals surface area contributed by atoms with Gasteiger partial charge in [0.1, 0.15) is 0 Å². The van der Waals surface area contributed by atoms with Crippen molar-refractivity contribution in [2.24, 2.45) is 0 Å². The number of rotatable bonds is 7. The third-order valence-electron chi connectivity index (χ3n) is 5.31. The van der Waals surface area contributed by atoms with Gasteiger partial charge >= 0.3 is 0 Å². The van der Waals surface area contributed by atoms with E-state index in [1.54, 1.807) is 49.4 Å². The molecule has 0 fully saturated rings. The molecule has 0 aromatic heterocycles. The minimum absolute atomic E-state index is 0.178. The fraction of sp³-hybridized carbons (Fsp3) is 0.240. The first-order valence-corrected chi connectivity index (χ1v) is 11.9. The number of para-hydroxylation sites is 1. The number of carbonyl (C=O) groups is 1. The first-order chi connectivity index (χ1) is 14.7. The zero-order valence-corrected chi connectivity index (χ0v) is 19.1. The molecule has 0 saturated carbocycles. The normalized spacial score (nSPS) is 11.2. The number of benzene rings is 3. The second-order valence-electron chi connectivity index (χ2n) is 7.56. The number of hydrogen-bond donors (Lipinski definition) is 2. The minimum Gasteiger partial charge on any atom is -0.321 e. The van der Waals surface area contributed by atoms with E-state index >= 15 is 0 Å². The van der Waals surface area contributed by atoms with Crippen molar-refractivity contribution in [2.75, 3.05) is 10.0 Å².